The van der Waals surface area contributed by atoms with Crippen molar-refractivity contribution < 1.29 is 9.53 Å². The van der Waals surface area contributed by atoms with Gasteiger partial charge in [-0.3, -0.25) is 4.79 Å². The summed E-state index contributed by atoms with van der Waals surface area (Å²) in [5.74, 6) is 0.316. The van der Waals surface area contributed by atoms with Crippen LogP contribution >= 0.6 is 0 Å². The molecule has 2 nitrogen and oxygen atoms in total. The van der Waals surface area contributed by atoms with E-state index in [0.717, 1.165) is 21.5 Å². The van der Waals surface area contributed by atoms with Crippen molar-refractivity contribution in [3.05, 3.63) is 66.7 Å². The summed E-state index contributed by atoms with van der Waals surface area (Å²) in [6, 6.07) is 22.6. The van der Waals surface area contributed by atoms with Crippen LogP contribution in [0.5, 0.6) is 5.75 Å². The maximum Gasteiger partial charge on any atom is 0.308 e. The summed E-state index contributed by atoms with van der Waals surface area (Å²) in [4.78, 5) is 11.4. The molecule has 3 radical (unpaired) electrons. The molecule has 4 aromatic carbocycles. The van der Waals surface area contributed by atoms with E-state index in [2.05, 4.69) is 36.4 Å². The predicted molar refractivity (Wildman–Crippen MR) is 96.0 cm³/mol. The van der Waals surface area contributed by atoms with Gasteiger partial charge in [0.05, 0.1) is 0 Å². The van der Waals surface area contributed by atoms with Gasteiger partial charge in [0.25, 0.3) is 0 Å². The van der Waals surface area contributed by atoms with E-state index in [0.29, 0.717) is 5.75 Å². The van der Waals surface area contributed by atoms with Crippen molar-refractivity contribution in [1.29, 1.82) is 0 Å². The Labute approximate surface area is 145 Å². The van der Waals surface area contributed by atoms with Gasteiger partial charge in [0.1, 0.15) is 5.75 Å². The third kappa shape index (κ3) is 2.71. The molecule has 111 valence electrons. The molecule has 0 aromatic heterocycles. The van der Waals surface area contributed by atoms with Crippen molar-refractivity contribution >= 4 is 56.2 Å². The number of benzene rings is 4. The molecule has 3 heteroatoms. The van der Waals surface area contributed by atoms with Crippen LogP contribution in [0.4, 0.5) is 0 Å². The Balaban J connectivity index is 0.00000156. The molecule has 23 heavy (non-hydrogen) atoms. The number of rotatable bonds is 1. The van der Waals surface area contributed by atoms with Crippen LogP contribution in [-0.2, 0) is 4.79 Å². The molecule has 0 spiro atoms. The SMILES string of the molecule is CC(=O)Oc1cccc2ccc3cc4ccccc4cc3c12.[As]. The van der Waals surface area contributed by atoms with Gasteiger partial charge in [-0.1, -0.05) is 48.5 Å². The van der Waals surface area contributed by atoms with E-state index in [1.165, 1.54) is 17.7 Å². The maximum absolute atomic E-state index is 11.4. The fourth-order valence-corrected chi connectivity index (χ4v) is 3.01. The zero-order chi connectivity index (χ0) is 15.1. The Hall–Kier alpha value is -2.31. The van der Waals surface area contributed by atoms with Crippen LogP contribution in [0, 0.1) is 0 Å². The summed E-state index contributed by atoms with van der Waals surface area (Å²) >= 11 is 0. The van der Waals surface area contributed by atoms with Gasteiger partial charge in [-0.05, 0) is 45.1 Å². The Morgan fingerprint density at radius 1 is 0.783 bits per heavy atom. The molecule has 0 fully saturated rings. The van der Waals surface area contributed by atoms with Gasteiger partial charge >= 0.3 is 5.97 Å². The van der Waals surface area contributed by atoms with E-state index in [4.69, 9.17) is 4.74 Å². The van der Waals surface area contributed by atoms with Crippen molar-refractivity contribution in [2.75, 3.05) is 0 Å². The average molecular weight is 361 g/mol. The second-order valence-electron chi connectivity index (χ2n) is 5.43. The molecular formula is C20H14AsO2. The molecule has 0 saturated heterocycles. The molecule has 4 rings (SSSR count). The van der Waals surface area contributed by atoms with Gasteiger partial charge in [0.2, 0.25) is 0 Å². The number of esters is 1. The molecule has 0 aliphatic rings. The van der Waals surface area contributed by atoms with Gasteiger partial charge in [0.15, 0.2) is 0 Å². The molecule has 0 bridgehead atoms. The Morgan fingerprint density at radius 2 is 1.43 bits per heavy atom. The van der Waals surface area contributed by atoms with Crippen molar-refractivity contribution in [2.45, 2.75) is 6.92 Å². The monoisotopic (exact) mass is 361 g/mol. The minimum Gasteiger partial charge on any atom is -0.426 e. The third-order valence-corrected chi connectivity index (χ3v) is 3.94. The summed E-state index contributed by atoms with van der Waals surface area (Å²) in [5.41, 5.74) is 0. The van der Waals surface area contributed by atoms with E-state index in [1.54, 1.807) is 0 Å². The van der Waals surface area contributed by atoms with Crippen LogP contribution < -0.4 is 4.74 Å². The van der Waals surface area contributed by atoms with Gasteiger partial charge in [-0.15, -0.1) is 0 Å². The topological polar surface area (TPSA) is 26.3 Å². The molecule has 0 amide bonds. The van der Waals surface area contributed by atoms with Gasteiger partial charge in [-0.2, -0.15) is 0 Å². The fraction of sp³-hybridized carbons (Fsp3) is 0.0500. The van der Waals surface area contributed by atoms with Crippen LogP contribution in [0.1, 0.15) is 6.92 Å². The first-order valence-corrected chi connectivity index (χ1v) is 7.25. The largest absolute Gasteiger partial charge is 0.426 e. The molecular weight excluding hydrogens is 347 g/mol. The standard InChI is InChI=1S/C20H14O2.As/c1-13(21)22-19-8-4-7-14-9-10-17-11-15-5-2-3-6-16(15)12-18(17)20(14)19;/h2-12H,1H3;. The molecule has 0 unspecified atom stereocenters. The first-order chi connectivity index (χ1) is 10.7. The predicted octanol–water partition coefficient (Wildman–Crippen LogP) is 4.69. The zero-order valence-electron chi connectivity index (χ0n) is 12.6. The molecule has 0 atom stereocenters. The van der Waals surface area contributed by atoms with Crippen molar-refractivity contribution in [1.82, 2.24) is 0 Å². The van der Waals surface area contributed by atoms with Gasteiger partial charge in [-0.25, -0.2) is 0 Å². The third-order valence-electron chi connectivity index (χ3n) is 3.94. The van der Waals surface area contributed by atoms with Crippen molar-refractivity contribution in [2.24, 2.45) is 0 Å². The summed E-state index contributed by atoms with van der Waals surface area (Å²) < 4.78 is 5.41. The van der Waals surface area contributed by atoms with Crippen molar-refractivity contribution in [3.63, 3.8) is 0 Å². The second kappa shape index (κ2) is 6.06. The smallest absolute Gasteiger partial charge is 0.308 e. The summed E-state index contributed by atoms with van der Waals surface area (Å²) in [5, 5.41) is 6.70. The number of ether oxygens (including phenoxy) is 1. The number of carbonyl (C=O) groups is 1. The van der Waals surface area contributed by atoms with E-state index >= 15 is 0 Å². The maximum atomic E-state index is 11.4. The summed E-state index contributed by atoms with van der Waals surface area (Å²) in [6.07, 6.45) is 0. The zero-order valence-corrected chi connectivity index (χ0v) is 14.5. The number of hydrogen-bond acceptors (Lipinski definition) is 2. The van der Waals surface area contributed by atoms with Gasteiger partial charge in [0, 0.05) is 30.3 Å². The fourth-order valence-electron chi connectivity index (χ4n) is 3.01. The number of hydrogen-bond donors (Lipinski definition) is 0. The molecule has 0 aliphatic carbocycles. The number of carbonyl (C=O) groups excluding carboxylic acids is 1. The molecule has 0 saturated carbocycles. The van der Waals surface area contributed by atoms with Crippen LogP contribution in [0.2, 0.25) is 0 Å². The summed E-state index contributed by atoms with van der Waals surface area (Å²) in [6.45, 7) is 1.43. The van der Waals surface area contributed by atoms with E-state index < -0.39 is 0 Å². The Morgan fingerprint density at radius 3 is 2.17 bits per heavy atom. The van der Waals surface area contributed by atoms with E-state index in [9.17, 15) is 4.79 Å². The Kier molecular flexibility index (Phi) is 4.10. The quantitative estimate of drug-likeness (QED) is 0.162. The molecule has 0 aliphatic heterocycles. The van der Waals surface area contributed by atoms with Crippen LogP contribution in [0.25, 0.3) is 32.3 Å². The minimum absolute atomic E-state index is 0. The van der Waals surface area contributed by atoms with Gasteiger partial charge < -0.3 is 4.74 Å². The minimum atomic E-state index is -0.301. The first-order valence-electron chi connectivity index (χ1n) is 7.25. The molecule has 0 N–H and O–H groups in total. The molecule has 4 aromatic rings. The number of fused-ring (bicyclic) bond motifs is 4. The van der Waals surface area contributed by atoms with E-state index in [-0.39, 0.29) is 23.9 Å². The normalized spacial score (nSPS) is 10.7. The van der Waals surface area contributed by atoms with Crippen LogP contribution in [-0.4, -0.2) is 23.9 Å². The summed E-state index contributed by atoms with van der Waals surface area (Å²) in [7, 11) is 0. The van der Waals surface area contributed by atoms with Crippen LogP contribution in [0.15, 0.2) is 66.7 Å². The molecule has 0 heterocycles. The first kappa shape index (κ1) is 15.6. The van der Waals surface area contributed by atoms with Crippen molar-refractivity contribution in [3.8, 4) is 5.75 Å². The second-order valence-corrected chi connectivity index (χ2v) is 5.43. The Bertz CT molecular complexity index is 1040. The van der Waals surface area contributed by atoms with E-state index in [1.807, 2.05) is 30.3 Å². The average Bonchev–Trinajstić information content (AvgIpc) is 2.52. The van der Waals surface area contributed by atoms with Crippen LogP contribution in [0.3, 0.4) is 0 Å².